The van der Waals surface area contributed by atoms with Crippen molar-refractivity contribution < 1.29 is 19.4 Å². The van der Waals surface area contributed by atoms with Crippen molar-refractivity contribution in [1.29, 1.82) is 0 Å². The van der Waals surface area contributed by atoms with Crippen LogP contribution in [0.15, 0.2) is 54.6 Å². The molecule has 0 aliphatic rings. The van der Waals surface area contributed by atoms with E-state index in [0.29, 0.717) is 5.75 Å². The lowest BCUT2D eigenvalue weighted by atomic mass is 10.1. The van der Waals surface area contributed by atoms with Crippen LogP contribution < -0.4 is 4.74 Å². The van der Waals surface area contributed by atoms with E-state index in [1.807, 2.05) is 30.3 Å². The molecule has 4 nitrogen and oxygen atoms in total. The Morgan fingerprint density at radius 1 is 1.19 bits per heavy atom. The maximum atomic E-state index is 12.1. The molecule has 0 radical (unpaired) electrons. The molecular formula is C17H16O4. The van der Waals surface area contributed by atoms with Crippen LogP contribution in [0.1, 0.15) is 15.9 Å². The zero-order valence-electron chi connectivity index (χ0n) is 11.7. The fraction of sp³-hybridized carbons (Fsp3) is 0.118. The number of ketones is 1. The second kappa shape index (κ2) is 7.26. The highest BCUT2D eigenvalue weighted by atomic mass is 16.7. The van der Waals surface area contributed by atoms with Crippen LogP contribution in [0.3, 0.4) is 0 Å². The summed E-state index contributed by atoms with van der Waals surface area (Å²) in [5, 5.41) is 9.88. The van der Waals surface area contributed by atoms with Crippen molar-refractivity contribution in [3.63, 3.8) is 0 Å². The minimum Gasteiger partial charge on any atom is -0.507 e. The summed E-state index contributed by atoms with van der Waals surface area (Å²) in [5.41, 5.74) is 1.15. The number of ether oxygens (including phenoxy) is 2. The number of carbonyl (C=O) groups is 1. The van der Waals surface area contributed by atoms with Gasteiger partial charge in [0.2, 0.25) is 0 Å². The molecule has 0 aromatic heterocycles. The van der Waals surface area contributed by atoms with Gasteiger partial charge in [0.1, 0.15) is 11.5 Å². The summed E-state index contributed by atoms with van der Waals surface area (Å²) < 4.78 is 9.96. The summed E-state index contributed by atoms with van der Waals surface area (Å²) in [6, 6.07) is 14.0. The Bertz CT molecular complexity index is 632. The van der Waals surface area contributed by atoms with Gasteiger partial charge in [-0.1, -0.05) is 36.4 Å². The Morgan fingerprint density at radius 3 is 2.62 bits per heavy atom. The van der Waals surface area contributed by atoms with Crippen LogP contribution in [-0.2, 0) is 4.74 Å². The third kappa shape index (κ3) is 4.19. The van der Waals surface area contributed by atoms with E-state index in [2.05, 4.69) is 0 Å². The lowest BCUT2D eigenvalue weighted by molar-refractivity contribution is 0.0510. The molecule has 0 unspecified atom stereocenters. The fourth-order valence-corrected chi connectivity index (χ4v) is 1.76. The molecule has 21 heavy (non-hydrogen) atoms. The maximum absolute atomic E-state index is 12.1. The highest BCUT2D eigenvalue weighted by Gasteiger charge is 2.09. The highest BCUT2D eigenvalue weighted by molar-refractivity contribution is 6.08. The second-order valence-electron chi connectivity index (χ2n) is 4.34. The summed E-state index contributed by atoms with van der Waals surface area (Å²) >= 11 is 0. The fourth-order valence-electron chi connectivity index (χ4n) is 1.76. The first-order valence-corrected chi connectivity index (χ1v) is 6.43. The van der Waals surface area contributed by atoms with E-state index in [4.69, 9.17) is 9.47 Å². The third-order valence-electron chi connectivity index (χ3n) is 2.80. The first-order valence-electron chi connectivity index (χ1n) is 6.43. The topological polar surface area (TPSA) is 55.8 Å². The number of hydrogen-bond acceptors (Lipinski definition) is 4. The molecule has 108 valence electrons. The number of phenolic OH excluding ortho intramolecular Hbond substituents is 1. The van der Waals surface area contributed by atoms with E-state index >= 15 is 0 Å². The van der Waals surface area contributed by atoms with E-state index < -0.39 is 0 Å². The standard InChI is InChI=1S/C17H16O4/c1-20-12-21-14-8-9-15(17(19)11-14)16(18)10-7-13-5-3-2-4-6-13/h2-11,19H,12H2,1H3/b10-7+. The Kier molecular flexibility index (Phi) is 5.12. The number of carbonyl (C=O) groups excluding carboxylic acids is 1. The van der Waals surface area contributed by atoms with Gasteiger partial charge in [-0.15, -0.1) is 0 Å². The minimum atomic E-state index is -0.269. The van der Waals surface area contributed by atoms with Gasteiger partial charge in [0.15, 0.2) is 12.6 Å². The first kappa shape index (κ1) is 14.8. The summed E-state index contributed by atoms with van der Waals surface area (Å²) in [6.45, 7) is 0.0840. The third-order valence-corrected chi connectivity index (χ3v) is 2.80. The molecule has 0 fully saturated rings. The molecule has 0 amide bonds. The van der Waals surface area contributed by atoms with Crippen LogP contribution in [0.2, 0.25) is 0 Å². The molecule has 2 rings (SSSR count). The molecule has 0 saturated carbocycles. The summed E-state index contributed by atoms with van der Waals surface area (Å²) in [7, 11) is 1.51. The van der Waals surface area contributed by atoms with Crippen LogP contribution in [0.25, 0.3) is 6.08 Å². The maximum Gasteiger partial charge on any atom is 0.189 e. The zero-order valence-corrected chi connectivity index (χ0v) is 11.7. The van der Waals surface area contributed by atoms with Crippen molar-refractivity contribution in [3.05, 3.63) is 65.7 Å². The van der Waals surface area contributed by atoms with E-state index in [-0.39, 0.29) is 23.9 Å². The van der Waals surface area contributed by atoms with Crippen LogP contribution >= 0.6 is 0 Å². The summed E-state index contributed by atoms with van der Waals surface area (Å²) in [4.78, 5) is 12.1. The zero-order chi connectivity index (χ0) is 15.1. The number of aromatic hydroxyl groups is 1. The average Bonchev–Trinajstić information content (AvgIpc) is 2.51. The largest absolute Gasteiger partial charge is 0.507 e. The highest BCUT2D eigenvalue weighted by Crippen LogP contribution is 2.24. The Labute approximate surface area is 123 Å². The number of rotatable bonds is 6. The molecule has 0 spiro atoms. The molecule has 0 heterocycles. The molecular weight excluding hydrogens is 268 g/mol. The molecule has 0 saturated heterocycles. The lowest BCUT2D eigenvalue weighted by Gasteiger charge is -2.06. The van der Waals surface area contributed by atoms with E-state index in [9.17, 15) is 9.90 Å². The Hall–Kier alpha value is -2.59. The molecule has 4 heteroatoms. The summed E-state index contributed by atoms with van der Waals surface area (Å²) in [5.74, 6) is 0.0545. The van der Waals surface area contributed by atoms with Crippen LogP contribution in [-0.4, -0.2) is 24.8 Å². The Morgan fingerprint density at radius 2 is 1.95 bits per heavy atom. The molecule has 0 bridgehead atoms. The number of phenols is 1. The first-order chi connectivity index (χ1) is 10.2. The van der Waals surface area contributed by atoms with Crippen molar-refractivity contribution in [3.8, 4) is 11.5 Å². The number of benzene rings is 2. The number of allylic oxidation sites excluding steroid dienone is 1. The van der Waals surface area contributed by atoms with Gasteiger partial charge >= 0.3 is 0 Å². The molecule has 0 aliphatic heterocycles. The van der Waals surface area contributed by atoms with Gasteiger partial charge in [0, 0.05) is 13.2 Å². The van der Waals surface area contributed by atoms with Gasteiger partial charge in [0.05, 0.1) is 5.56 Å². The monoisotopic (exact) mass is 284 g/mol. The van der Waals surface area contributed by atoms with Gasteiger partial charge in [0.25, 0.3) is 0 Å². The van der Waals surface area contributed by atoms with E-state index in [0.717, 1.165) is 5.56 Å². The smallest absolute Gasteiger partial charge is 0.189 e. The predicted octanol–water partition coefficient (Wildman–Crippen LogP) is 3.27. The molecule has 2 aromatic rings. The quantitative estimate of drug-likeness (QED) is 0.502. The lowest BCUT2D eigenvalue weighted by Crippen LogP contribution is -2.00. The van der Waals surface area contributed by atoms with Crippen molar-refractivity contribution >= 4 is 11.9 Å². The number of hydrogen-bond donors (Lipinski definition) is 1. The van der Waals surface area contributed by atoms with Crippen molar-refractivity contribution in [1.82, 2.24) is 0 Å². The van der Waals surface area contributed by atoms with E-state index in [1.165, 1.54) is 25.3 Å². The SMILES string of the molecule is COCOc1ccc(C(=O)/C=C/c2ccccc2)c(O)c1. The molecule has 2 aromatic carbocycles. The molecule has 0 aliphatic carbocycles. The second-order valence-corrected chi connectivity index (χ2v) is 4.34. The van der Waals surface area contributed by atoms with Crippen molar-refractivity contribution in [2.45, 2.75) is 0 Å². The normalized spacial score (nSPS) is 10.7. The van der Waals surface area contributed by atoms with E-state index in [1.54, 1.807) is 12.1 Å². The van der Waals surface area contributed by atoms with Crippen LogP contribution in [0, 0.1) is 0 Å². The predicted molar refractivity (Wildman–Crippen MR) is 80.4 cm³/mol. The van der Waals surface area contributed by atoms with Crippen LogP contribution in [0.4, 0.5) is 0 Å². The molecule has 0 atom stereocenters. The Balaban J connectivity index is 2.10. The molecule has 1 N–H and O–H groups in total. The van der Waals surface area contributed by atoms with Gasteiger partial charge in [-0.25, -0.2) is 0 Å². The van der Waals surface area contributed by atoms with Gasteiger partial charge in [-0.2, -0.15) is 0 Å². The van der Waals surface area contributed by atoms with Gasteiger partial charge in [-0.05, 0) is 23.8 Å². The minimum absolute atomic E-state index is 0.0840. The van der Waals surface area contributed by atoms with Crippen molar-refractivity contribution in [2.24, 2.45) is 0 Å². The van der Waals surface area contributed by atoms with Gasteiger partial charge < -0.3 is 14.6 Å². The van der Waals surface area contributed by atoms with Gasteiger partial charge in [-0.3, -0.25) is 4.79 Å². The van der Waals surface area contributed by atoms with Crippen LogP contribution in [0.5, 0.6) is 11.5 Å². The van der Waals surface area contributed by atoms with Crippen molar-refractivity contribution in [2.75, 3.05) is 13.9 Å². The average molecular weight is 284 g/mol. The number of methoxy groups -OCH3 is 1. The summed E-state index contributed by atoms with van der Waals surface area (Å²) in [6.07, 6.45) is 3.14.